The highest BCUT2D eigenvalue weighted by atomic mass is 16.5. The Balaban J connectivity index is 1.59. The maximum absolute atomic E-state index is 12.1. The summed E-state index contributed by atoms with van der Waals surface area (Å²) in [5.41, 5.74) is 0. The highest BCUT2D eigenvalue weighted by Gasteiger charge is 2.24. The van der Waals surface area contributed by atoms with Crippen molar-refractivity contribution in [2.75, 3.05) is 79.7 Å². The van der Waals surface area contributed by atoms with Gasteiger partial charge >= 0.3 is 0 Å². The van der Waals surface area contributed by atoms with Crippen molar-refractivity contribution in [1.82, 2.24) is 25.3 Å². The zero-order valence-corrected chi connectivity index (χ0v) is 19.0. The molecular weight excluding hydrogens is 396 g/mol. The summed E-state index contributed by atoms with van der Waals surface area (Å²) in [6.07, 6.45) is 5.45. The van der Waals surface area contributed by atoms with Gasteiger partial charge in [-0.05, 0) is 38.1 Å². The molecule has 2 saturated heterocycles. The van der Waals surface area contributed by atoms with Gasteiger partial charge in [0.15, 0.2) is 5.96 Å². The Bertz CT molecular complexity index is 667. The number of hydrogen-bond acceptors (Lipinski definition) is 6. The normalized spacial score (nSPS) is 19.7. The summed E-state index contributed by atoms with van der Waals surface area (Å²) in [4.78, 5) is 23.0. The topological polar surface area (TPSA) is 85.6 Å². The first kappa shape index (κ1) is 23.6. The number of likely N-dealkylation sites (N-methyl/N-ethyl adjacent to an activating group) is 1. The molecule has 1 unspecified atom stereocenters. The Morgan fingerprint density at radius 2 is 1.94 bits per heavy atom. The van der Waals surface area contributed by atoms with Gasteiger partial charge in [-0.2, -0.15) is 0 Å². The van der Waals surface area contributed by atoms with E-state index in [4.69, 9.17) is 9.15 Å². The molecule has 1 aromatic rings. The number of amides is 1. The first-order valence-electron chi connectivity index (χ1n) is 11.4. The van der Waals surface area contributed by atoms with Crippen LogP contribution < -0.4 is 10.6 Å². The smallest absolute Gasteiger partial charge is 0.243 e. The van der Waals surface area contributed by atoms with E-state index in [1.807, 2.05) is 12.1 Å². The molecule has 1 amide bonds. The minimum absolute atomic E-state index is 0.0205. The summed E-state index contributed by atoms with van der Waals surface area (Å²) < 4.78 is 11.2. The van der Waals surface area contributed by atoms with Crippen LogP contribution in [0.5, 0.6) is 0 Å². The molecule has 9 nitrogen and oxygen atoms in total. The van der Waals surface area contributed by atoms with E-state index in [0.29, 0.717) is 12.5 Å². The fourth-order valence-electron chi connectivity index (χ4n) is 3.93. The van der Waals surface area contributed by atoms with E-state index < -0.39 is 0 Å². The zero-order chi connectivity index (χ0) is 21.9. The fraction of sp³-hybridized carbons (Fsp3) is 0.727. The molecule has 2 fully saturated rings. The summed E-state index contributed by atoms with van der Waals surface area (Å²) in [5.74, 6) is 1.61. The third-order valence-corrected chi connectivity index (χ3v) is 5.86. The van der Waals surface area contributed by atoms with Crippen molar-refractivity contribution in [2.24, 2.45) is 4.99 Å². The molecule has 0 aliphatic carbocycles. The second-order valence-electron chi connectivity index (χ2n) is 8.34. The molecule has 2 aliphatic rings. The lowest BCUT2D eigenvalue weighted by Gasteiger charge is -2.34. The molecule has 3 rings (SSSR count). The summed E-state index contributed by atoms with van der Waals surface area (Å²) in [7, 11) is 3.50. The largest absolute Gasteiger partial charge is 0.468 e. The molecule has 3 heterocycles. The third-order valence-electron chi connectivity index (χ3n) is 5.86. The average molecular weight is 435 g/mol. The Morgan fingerprint density at radius 3 is 2.61 bits per heavy atom. The highest BCUT2D eigenvalue weighted by Crippen LogP contribution is 2.24. The van der Waals surface area contributed by atoms with Crippen molar-refractivity contribution in [1.29, 1.82) is 0 Å². The highest BCUT2D eigenvalue weighted by molar-refractivity contribution is 5.84. The monoisotopic (exact) mass is 434 g/mol. The number of furan rings is 1. The van der Waals surface area contributed by atoms with E-state index in [-0.39, 0.29) is 18.5 Å². The molecule has 9 heteroatoms. The number of carbonyl (C=O) groups is 1. The SMILES string of the molecule is CN(C)C(=O)CN=C(NCCN1CCOCC1)NCC(c1ccco1)N1CCCCC1. The number of rotatable bonds is 9. The predicted molar refractivity (Wildman–Crippen MR) is 121 cm³/mol. The lowest BCUT2D eigenvalue weighted by atomic mass is 10.1. The average Bonchev–Trinajstić information content (AvgIpc) is 3.33. The van der Waals surface area contributed by atoms with Gasteiger partial charge in [-0.1, -0.05) is 6.42 Å². The molecule has 31 heavy (non-hydrogen) atoms. The van der Waals surface area contributed by atoms with Crippen LogP contribution in [-0.4, -0.2) is 106 Å². The quantitative estimate of drug-likeness (QED) is 0.438. The van der Waals surface area contributed by atoms with Crippen molar-refractivity contribution < 1.29 is 13.9 Å². The van der Waals surface area contributed by atoms with E-state index in [1.54, 1.807) is 25.3 Å². The standard InChI is InChI=1S/C22H38N6O3/c1-26(2)21(29)18-25-22(23-8-11-27-12-15-30-16-13-27)24-17-19(20-7-6-14-31-20)28-9-4-3-5-10-28/h6-7,14,19H,3-5,8-13,15-18H2,1-2H3,(H2,23,24,25). The molecular formula is C22H38N6O3. The molecule has 2 N–H and O–H groups in total. The molecule has 1 aromatic heterocycles. The van der Waals surface area contributed by atoms with Crippen LogP contribution in [-0.2, 0) is 9.53 Å². The van der Waals surface area contributed by atoms with Crippen molar-refractivity contribution >= 4 is 11.9 Å². The number of hydrogen-bond donors (Lipinski definition) is 2. The van der Waals surface area contributed by atoms with Gasteiger partial charge in [-0.25, -0.2) is 4.99 Å². The number of likely N-dealkylation sites (tertiary alicyclic amines) is 1. The Kier molecular flexibility index (Phi) is 9.64. The van der Waals surface area contributed by atoms with Crippen LogP contribution >= 0.6 is 0 Å². The molecule has 0 bridgehead atoms. The molecule has 1 atom stereocenters. The Labute approximate surface area is 185 Å². The van der Waals surface area contributed by atoms with Crippen LogP contribution in [0.15, 0.2) is 27.8 Å². The van der Waals surface area contributed by atoms with Crippen molar-refractivity contribution in [3.05, 3.63) is 24.2 Å². The number of guanidine groups is 1. The summed E-state index contributed by atoms with van der Waals surface area (Å²) in [5, 5.41) is 6.86. The van der Waals surface area contributed by atoms with E-state index >= 15 is 0 Å². The molecule has 2 aliphatic heterocycles. The molecule has 0 spiro atoms. The molecule has 0 saturated carbocycles. The van der Waals surface area contributed by atoms with Gasteiger partial charge < -0.3 is 24.7 Å². The first-order chi connectivity index (χ1) is 15.1. The lowest BCUT2D eigenvalue weighted by Crippen LogP contribution is -2.47. The number of nitrogens with one attached hydrogen (secondary N) is 2. The van der Waals surface area contributed by atoms with Crippen molar-refractivity contribution in [3.63, 3.8) is 0 Å². The fourth-order valence-corrected chi connectivity index (χ4v) is 3.93. The number of nitrogens with zero attached hydrogens (tertiary/aromatic N) is 4. The number of ether oxygens (including phenoxy) is 1. The third kappa shape index (κ3) is 7.83. The number of carbonyl (C=O) groups excluding carboxylic acids is 1. The van der Waals surface area contributed by atoms with Crippen LogP contribution in [0.4, 0.5) is 0 Å². The Morgan fingerprint density at radius 1 is 1.16 bits per heavy atom. The van der Waals surface area contributed by atoms with Gasteiger partial charge in [0, 0.05) is 46.8 Å². The zero-order valence-electron chi connectivity index (χ0n) is 19.0. The van der Waals surface area contributed by atoms with Crippen LogP contribution in [0.25, 0.3) is 0 Å². The van der Waals surface area contributed by atoms with Crippen LogP contribution in [0.1, 0.15) is 31.1 Å². The maximum atomic E-state index is 12.1. The van der Waals surface area contributed by atoms with Crippen LogP contribution in [0.2, 0.25) is 0 Å². The minimum atomic E-state index is -0.0205. The summed E-state index contributed by atoms with van der Waals surface area (Å²) in [6, 6.07) is 4.13. The van der Waals surface area contributed by atoms with Crippen LogP contribution in [0.3, 0.4) is 0 Å². The molecule has 174 valence electrons. The van der Waals surface area contributed by atoms with E-state index in [2.05, 4.69) is 25.4 Å². The summed E-state index contributed by atoms with van der Waals surface area (Å²) >= 11 is 0. The number of morpholine rings is 1. The Hall–Kier alpha value is -2.10. The van der Waals surface area contributed by atoms with Gasteiger partial charge in [0.25, 0.3) is 0 Å². The summed E-state index contributed by atoms with van der Waals surface area (Å²) in [6.45, 7) is 8.10. The van der Waals surface area contributed by atoms with E-state index in [0.717, 1.165) is 58.2 Å². The van der Waals surface area contributed by atoms with Crippen molar-refractivity contribution in [3.8, 4) is 0 Å². The molecule has 0 aromatic carbocycles. The van der Waals surface area contributed by atoms with E-state index in [9.17, 15) is 4.79 Å². The van der Waals surface area contributed by atoms with Crippen molar-refractivity contribution in [2.45, 2.75) is 25.3 Å². The number of piperidine rings is 1. The first-order valence-corrected chi connectivity index (χ1v) is 11.4. The lowest BCUT2D eigenvalue weighted by molar-refractivity contribution is -0.127. The predicted octanol–water partition coefficient (Wildman–Crippen LogP) is 0.762. The second kappa shape index (κ2) is 12.7. The van der Waals surface area contributed by atoms with Gasteiger partial charge in [0.05, 0.1) is 25.5 Å². The maximum Gasteiger partial charge on any atom is 0.243 e. The van der Waals surface area contributed by atoms with Gasteiger partial charge in [0.1, 0.15) is 12.3 Å². The van der Waals surface area contributed by atoms with Gasteiger partial charge in [0.2, 0.25) is 5.91 Å². The molecule has 0 radical (unpaired) electrons. The van der Waals surface area contributed by atoms with Crippen LogP contribution in [0, 0.1) is 0 Å². The van der Waals surface area contributed by atoms with Gasteiger partial charge in [-0.3, -0.25) is 14.6 Å². The second-order valence-corrected chi connectivity index (χ2v) is 8.34. The number of aliphatic imine (C=N–C) groups is 1. The van der Waals surface area contributed by atoms with E-state index in [1.165, 1.54) is 19.3 Å². The van der Waals surface area contributed by atoms with Gasteiger partial charge in [-0.15, -0.1) is 0 Å². The minimum Gasteiger partial charge on any atom is -0.468 e.